The summed E-state index contributed by atoms with van der Waals surface area (Å²) in [5.41, 5.74) is 1.36. The molecule has 1 amide bonds. The predicted molar refractivity (Wildman–Crippen MR) is 101 cm³/mol. The zero-order chi connectivity index (χ0) is 19.0. The number of carbonyl (C=O) groups is 1. The minimum atomic E-state index is -3.22. The van der Waals surface area contributed by atoms with Crippen molar-refractivity contribution in [1.82, 2.24) is 15.4 Å². The Morgan fingerprint density at radius 2 is 1.88 bits per heavy atom. The van der Waals surface area contributed by atoms with E-state index in [1.54, 1.807) is 38.3 Å². The van der Waals surface area contributed by atoms with Gasteiger partial charge >= 0.3 is 0 Å². The SMILES string of the molecule is CCS(=O)(=O)NCc1ccc(C(=O)NCC2(COC)CCNCC2)cc1. The van der Waals surface area contributed by atoms with Crippen LogP contribution in [0, 0.1) is 5.41 Å². The molecule has 0 aromatic heterocycles. The molecule has 1 aliphatic heterocycles. The van der Waals surface area contributed by atoms with E-state index in [1.165, 1.54) is 0 Å². The zero-order valence-electron chi connectivity index (χ0n) is 15.5. The van der Waals surface area contributed by atoms with Crippen molar-refractivity contribution in [1.29, 1.82) is 0 Å². The van der Waals surface area contributed by atoms with Crippen molar-refractivity contribution in [2.45, 2.75) is 26.3 Å². The van der Waals surface area contributed by atoms with Gasteiger partial charge in [-0.3, -0.25) is 4.79 Å². The Hall–Kier alpha value is -1.48. The molecule has 0 aliphatic carbocycles. The van der Waals surface area contributed by atoms with Crippen molar-refractivity contribution in [3.8, 4) is 0 Å². The first kappa shape index (κ1) is 20.8. The van der Waals surface area contributed by atoms with Gasteiger partial charge < -0.3 is 15.4 Å². The molecule has 0 bridgehead atoms. The van der Waals surface area contributed by atoms with Crippen LogP contribution in [0.4, 0.5) is 0 Å². The Labute approximate surface area is 155 Å². The minimum absolute atomic E-state index is 0.0198. The fourth-order valence-corrected chi connectivity index (χ4v) is 3.67. The van der Waals surface area contributed by atoms with Gasteiger partial charge in [-0.2, -0.15) is 0 Å². The van der Waals surface area contributed by atoms with Gasteiger partial charge in [-0.05, 0) is 50.6 Å². The molecule has 146 valence electrons. The van der Waals surface area contributed by atoms with Crippen molar-refractivity contribution in [2.75, 3.05) is 39.1 Å². The number of benzene rings is 1. The van der Waals surface area contributed by atoms with Crippen LogP contribution in [0.5, 0.6) is 0 Å². The summed E-state index contributed by atoms with van der Waals surface area (Å²) in [7, 11) is -1.53. The van der Waals surface area contributed by atoms with Crippen LogP contribution in [0.15, 0.2) is 24.3 Å². The predicted octanol–water partition coefficient (Wildman–Crippen LogP) is 0.872. The van der Waals surface area contributed by atoms with Gasteiger partial charge in [0.05, 0.1) is 12.4 Å². The molecule has 0 unspecified atom stereocenters. The number of ether oxygens (including phenoxy) is 1. The van der Waals surface area contributed by atoms with Gasteiger partial charge in [0.1, 0.15) is 0 Å². The summed E-state index contributed by atoms with van der Waals surface area (Å²) in [6.07, 6.45) is 1.94. The van der Waals surface area contributed by atoms with Crippen molar-refractivity contribution < 1.29 is 17.9 Å². The maximum Gasteiger partial charge on any atom is 0.251 e. The molecule has 2 rings (SSSR count). The van der Waals surface area contributed by atoms with Crippen LogP contribution < -0.4 is 15.4 Å². The molecule has 0 atom stereocenters. The first-order valence-electron chi connectivity index (χ1n) is 8.94. The van der Waals surface area contributed by atoms with Crippen LogP contribution in [-0.4, -0.2) is 53.4 Å². The third-order valence-electron chi connectivity index (χ3n) is 4.83. The van der Waals surface area contributed by atoms with Crippen molar-refractivity contribution in [2.24, 2.45) is 5.41 Å². The van der Waals surface area contributed by atoms with E-state index in [9.17, 15) is 13.2 Å². The van der Waals surface area contributed by atoms with Gasteiger partial charge in [-0.1, -0.05) is 12.1 Å². The number of carbonyl (C=O) groups excluding carboxylic acids is 1. The Morgan fingerprint density at radius 1 is 1.23 bits per heavy atom. The molecule has 1 aromatic carbocycles. The molecule has 1 aliphatic rings. The number of methoxy groups -OCH3 is 1. The second-order valence-electron chi connectivity index (χ2n) is 6.79. The summed E-state index contributed by atoms with van der Waals surface area (Å²) in [4.78, 5) is 12.4. The van der Waals surface area contributed by atoms with Gasteiger partial charge in [0.15, 0.2) is 0 Å². The number of piperidine rings is 1. The molecule has 0 spiro atoms. The summed E-state index contributed by atoms with van der Waals surface area (Å²) < 4.78 is 30.8. The van der Waals surface area contributed by atoms with Crippen molar-refractivity contribution in [3.63, 3.8) is 0 Å². The van der Waals surface area contributed by atoms with Crippen LogP contribution in [0.1, 0.15) is 35.7 Å². The highest BCUT2D eigenvalue weighted by Gasteiger charge is 2.32. The molecule has 8 heteroatoms. The molecule has 1 saturated heterocycles. The second-order valence-corrected chi connectivity index (χ2v) is 8.88. The summed E-state index contributed by atoms with van der Waals surface area (Å²) in [5.74, 6) is -0.0774. The van der Waals surface area contributed by atoms with Gasteiger partial charge in [-0.15, -0.1) is 0 Å². The molecular formula is C18H29N3O4S. The molecule has 1 fully saturated rings. The average molecular weight is 384 g/mol. The third-order valence-corrected chi connectivity index (χ3v) is 6.18. The Kier molecular flexibility index (Phi) is 7.57. The van der Waals surface area contributed by atoms with E-state index in [2.05, 4.69) is 15.4 Å². The maximum atomic E-state index is 12.4. The Morgan fingerprint density at radius 3 is 2.46 bits per heavy atom. The standard InChI is InChI=1S/C18H29N3O4S/c1-3-26(23,24)21-12-15-4-6-16(7-5-15)17(22)20-13-18(14-25-2)8-10-19-11-9-18/h4-7,19,21H,3,8-14H2,1-2H3,(H,20,22). The lowest BCUT2D eigenvalue weighted by molar-refractivity contribution is 0.0512. The van der Waals surface area contributed by atoms with E-state index in [1.807, 2.05) is 0 Å². The van der Waals surface area contributed by atoms with Gasteiger partial charge in [-0.25, -0.2) is 13.1 Å². The van der Waals surface area contributed by atoms with E-state index in [-0.39, 0.29) is 23.6 Å². The zero-order valence-corrected chi connectivity index (χ0v) is 16.3. The van der Waals surface area contributed by atoms with E-state index >= 15 is 0 Å². The van der Waals surface area contributed by atoms with Crippen LogP contribution in [0.25, 0.3) is 0 Å². The van der Waals surface area contributed by atoms with E-state index in [0.29, 0.717) is 18.7 Å². The second kappa shape index (κ2) is 9.45. The van der Waals surface area contributed by atoms with Crippen LogP contribution in [0.3, 0.4) is 0 Å². The van der Waals surface area contributed by atoms with Gasteiger partial charge in [0.2, 0.25) is 10.0 Å². The van der Waals surface area contributed by atoms with Crippen molar-refractivity contribution >= 4 is 15.9 Å². The quantitative estimate of drug-likeness (QED) is 0.588. The smallest absolute Gasteiger partial charge is 0.251 e. The van der Waals surface area contributed by atoms with Crippen LogP contribution in [0.2, 0.25) is 0 Å². The highest BCUT2D eigenvalue weighted by atomic mass is 32.2. The molecule has 3 N–H and O–H groups in total. The Bertz CT molecular complexity index is 677. The number of sulfonamides is 1. The largest absolute Gasteiger partial charge is 0.384 e. The fourth-order valence-electron chi connectivity index (χ4n) is 3.07. The third kappa shape index (κ3) is 6.05. The van der Waals surface area contributed by atoms with Crippen LogP contribution in [-0.2, 0) is 21.3 Å². The summed E-state index contributed by atoms with van der Waals surface area (Å²) in [6, 6.07) is 6.97. The van der Waals surface area contributed by atoms with E-state index < -0.39 is 10.0 Å². The molecule has 26 heavy (non-hydrogen) atoms. The Balaban J connectivity index is 1.90. The fraction of sp³-hybridized carbons (Fsp3) is 0.611. The molecule has 0 saturated carbocycles. The van der Waals surface area contributed by atoms with Gasteiger partial charge in [0.25, 0.3) is 5.91 Å². The van der Waals surface area contributed by atoms with Gasteiger partial charge in [0, 0.05) is 31.2 Å². The topological polar surface area (TPSA) is 96.5 Å². The average Bonchev–Trinajstić information content (AvgIpc) is 2.66. The first-order valence-corrected chi connectivity index (χ1v) is 10.6. The van der Waals surface area contributed by atoms with Crippen molar-refractivity contribution in [3.05, 3.63) is 35.4 Å². The lowest BCUT2D eigenvalue weighted by Crippen LogP contribution is -2.47. The highest BCUT2D eigenvalue weighted by Crippen LogP contribution is 2.28. The number of hydrogen-bond acceptors (Lipinski definition) is 5. The normalized spacial score (nSPS) is 17.0. The summed E-state index contributed by atoms with van der Waals surface area (Å²) in [5, 5.41) is 6.35. The number of amides is 1. The number of hydrogen-bond donors (Lipinski definition) is 3. The number of rotatable bonds is 9. The number of nitrogens with one attached hydrogen (secondary N) is 3. The molecular weight excluding hydrogens is 354 g/mol. The first-order chi connectivity index (χ1) is 12.4. The monoisotopic (exact) mass is 383 g/mol. The lowest BCUT2D eigenvalue weighted by atomic mass is 9.79. The van der Waals surface area contributed by atoms with E-state index in [4.69, 9.17) is 4.74 Å². The van der Waals surface area contributed by atoms with Crippen LogP contribution >= 0.6 is 0 Å². The molecule has 1 heterocycles. The van der Waals surface area contributed by atoms with E-state index in [0.717, 1.165) is 31.5 Å². The molecule has 7 nitrogen and oxygen atoms in total. The lowest BCUT2D eigenvalue weighted by Gasteiger charge is -2.37. The minimum Gasteiger partial charge on any atom is -0.384 e. The highest BCUT2D eigenvalue weighted by molar-refractivity contribution is 7.89. The molecule has 0 radical (unpaired) electrons. The molecule has 1 aromatic rings. The summed E-state index contributed by atoms with van der Waals surface area (Å²) >= 11 is 0. The summed E-state index contributed by atoms with van der Waals surface area (Å²) in [6.45, 7) is 4.89. The maximum absolute atomic E-state index is 12.4.